The van der Waals surface area contributed by atoms with Gasteiger partial charge in [-0.1, -0.05) is 32.0 Å². The first-order valence-electron chi connectivity index (χ1n) is 7.99. The first-order chi connectivity index (χ1) is 12.0. The number of carbonyl (C=O) groups is 2. The van der Waals surface area contributed by atoms with Gasteiger partial charge in [0.1, 0.15) is 11.8 Å². The Labute approximate surface area is 161 Å². The summed E-state index contributed by atoms with van der Waals surface area (Å²) in [7, 11) is 0. The van der Waals surface area contributed by atoms with Crippen LogP contribution in [0.25, 0.3) is 0 Å². The molecule has 0 aromatic heterocycles. The van der Waals surface area contributed by atoms with Crippen molar-refractivity contribution in [2.24, 2.45) is 5.92 Å². The zero-order valence-corrected chi connectivity index (χ0v) is 16.3. The predicted octanol–water partition coefficient (Wildman–Crippen LogP) is 3.45. The van der Waals surface area contributed by atoms with E-state index in [1.807, 2.05) is 56.3 Å². The highest BCUT2D eigenvalue weighted by Gasteiger charge is 2.24. The molecule has 0 aliphatic rings. The van der Waals surface area contributed by atoms with Crippen molar-refractivity contribution in [3.8, 4) is 5.75 Å². The third kappa shape index (κ3) is 6.38. The van der Waals surface area contributed by atoms with E-state index in [0.717, 1.165) is 3.57 Å². The number of benzene rings is 2. The Bertz CT molecular complexity index is 702. The maximum absolute atomic E-state index is 12.5. The van der Waals surface area contributed by atoms with Crippen molar-refractivity contribution in [3.63, 3.8) is 0 Å². The van der Waals surface area contributed by atoms with Crippen molar-refractivity contribution >= 4 is 40.1 Å². The number of nitrogens with one attached hydrogen (secondary N) is 2. The largest absolute Gasteiger partial charge is 0.484 e. The molecule has 2 rings (SSSR count). The van der Waals surface area contributed by atoms with Crippen molar-refractivity contribution in [2.45, 2.75) is 19.9 Å². The summed E-state index contributed by atoms with van der Waals surface area (Å²) in [6.45, 7) is 3.64. The van der Waals surface area contributed by atoms with Crippen LogP contribution in [-0.2, 0) is 9.59 Å². The summed E-state index contributed by atoms with van der Waals surface area (Å²) in [4.78, 5) is 24.6. The van der Waals surface area contributed by atoms with Gasteiger partial charge in [-0.25, -0.2) is 0 Å². The molecule has 0 saturated heterocycles. The second kappa shape index (κ2) is 9.41. The Kier molecular flexibility index (Phi) is 7.24. The average molecular weight is 452 g/mol. The molecule has 0 spiro atoms. The highest BCUT2D eigenvalue weighted by molar-refractivity contribution is 14.1. The van der Waals surface area contributed by atoms with E-state index in [1.54, 1.807) is 12.1 Å². The number of ether oxygens (including phenoxy) is 1. The molecule has 2 N–H and O–H groups in total. The molecule has 6 heteroatoms. The van der Waals surface area contributed by atoms with Gasteiger partial charge in [-0.05, 0) is 64.9 Å². The second-order valence-corrected chi connectivity index (χ2v) is 7.13. The van der Waals surface area contributed by atoms with Crippen LogP contribution in [-0.4, -0.2) is 24.5 Å². The van der Waals surface area contributed by atoms with Crippen LogP contribution in [0, 0.1) is 9.49 Å². The van der Waals surface area contributed by atoms with Gasteiger partial charge in [-0.3, -0.25) is 9.59 Å². The fraction of sp³-hybridized carbons (Fsp3) is 0.263. The lowest BCUT2D eigenvalue weighted by atomic mass is 10.0. The van der Waals surface area contributed by atoms with Crippen LogP contribution in [0.15, 0.2) is 54.6 Å². The third-order valence-electron chi connectivity index (χ3n) is 3.49. The Morgan fingerprint density at radius 2 is 1.68 bits per heavy atom. The number of hydrogen-bond donors (Lipinski definition) is 2. The van der Waals surface area contributed by atoms with Gasteiger partial charge < -0.3 is 15.4 Å². The summed E-state index contributed by atoms with van der Waals surface area (Å²) in [5, 5.41) is 5.57. The van der Waals surface area contributed by atoms with Crippen LogP contribution >= 0.6 is 22.6 Å². The molecule has 0 radical (unpaired) electrons. The Hall–Kier alpha value is -2.09. The number of carbonyl (C=O) groups excluding carboxylic acids is 2. The first kappa shape index (κ1) is 19.2. The highest BCUT2D eigenvalue weighted by Crippen LogP contribution is 2.13. The van der Waals surface area contributed by atoms with Crippen LogP contribution in [0.5, 0.6) is 5.75 Å². The molecule has 2 aromatic rings. The third-order valence-corrected chi connectivity index (χ3v) is 4.21. The van der Waals surface area contributed by atoms with Gasteiger partial charge in [0.2, 0.25) is 5.91 Å². The molecule has 0 fully saturated rings. The van der Waals surface area contributed by atoms with Gasteiger partial charge in [0.25, 0.3) is 5.91 Å². The Morgan fingerprint density at radius 1 is 1.04 bits per heavy atom. The average Bonchev–Trinajstić information content (AvgIpc) is 2.60. The molecule has 2 aromatic carbocycles. The van der Waals surface area contributed by atoms with Crippen molar-refractivity contribution in [1.29, 1.82) is 0 Å². The van der Waals surface area contributed by atoms with E-state index < -0.39 is 6.04 Å². The first-order valence-corrected chi connectivity index (χ1v) is 9.07. The van der Waals surface area contributed by atoms with Gasteiger partial charge in [0.15, 0.2) is 6.61 Å². The topological polar surface area (TPSA) is 67.4 Å². The normalized spacial score (nSPS) is 11.7. The number of rotatable bonds is 7. The van der Waals surface area contributed by atoms with E-state index in [2.05, 4.69) is 33.2 Å². The molecule has 0 bridgehead atoms. The molecule has 2 amide bonds. The molecule has 0 aliphatic heterocycles. The van der Waals surface area contributed by atoms with Crippen molar-refractivity contribution in [2.75, 3.05) is 11.9 Å². The van der Waals surface area contributed by atoms with Crippen LogP contribution < -0.4 is 15.4 Å². The highest BCUT2D eigenvalue weighted by atomic mass is 127. The number of hydrogen-bond acceptors (Lipinski definition) is 3. The van der Waals surface area contributed by atoms with E-state index in [9.17, 15) is 9.59 Å². The molecule has 132 valence electrons. The number of halogens is 1. The standard InChI is InChI=1S/C19H21IN2O3/c1-13(2)18(19(24)21-15-10-8-14(20)9-11-15)22-17(23)12-25-16-6-4-3-5-7-16/h3-11,13,18H,12H2,1-2H3,(H,21,24)(H,22,23)/t18-/m1/s1. The predicted molar refractivity (Wildman–Crippen MR) is 106 cm³/mol. The summed E-state index contributed by atoms with van der Waals surface area (Å²) in [6.07, 6.45) is 0. The fourth-order valence-corrected chi connectivity index (χ4v) is 2.53. The van der Waals surface area contributed by atoms with Crippen LogP contribution in [0.1, 0.15) is 13.8 Å². The Morgan fingerprint density at radius 3 is 2.28 bits per heavy atom. The van der Waals surface area contributed by atoms with Crippen molar-refractivity contribution < 1.29 is 14.3 Å². The van der Waals surface area contributed by atoms with Crippen LogP contribution in [0.2, 0.25) is 0 Å². The molecule has 5 nitrogen and oxygen atoms in total. The maximum Gasteiger partial charge on any atom is 0.258 e. The summed E-state index contributed by atoms with van der Waals surface area (Å²) in [5.74, 6) is -0.0174. The lowest BCUT2D eigenvalue weighted by Crippen LogP contribution is -2.48. The summed E-state index contributed by atoms with van der Waals surface area (Å²) in [5.41, 5.74) is 0.700. The Balaban J connectivity index is 1.91. The van der Waals surface area contributed by atoms with E-state index in [1.165, 1.54) is 0 Å². The minimum atomic E-state index is -0.633. The van der Waals surface area contributed by atoms with Crippen molar-refractivity contribution in [3.05, 3.63) is 58.2 Å². The number of para-hydroxylation sites is 1. The second-order valence-electron chi connectivity index (χ2n) is 5.89. The van der Waals surface area contributed by atoms with Crippen molar-refractivity contribution in [1.82, 2.24) is 5.32 Å². The van der Waals surface area contributed by atoms with E-state index in [4.69, 9.17) is 4.74 Å². The summed E-state index contributed by atoms with van der Waals surface area (Å²) in [6, 6.07) is 15.9. The van der Waals surface area contributed by atoms with E-state index >= 15 is 0 Å². The number of anilines is 1. The minimum absolute atomic E-state index is 0.0514. The molecule has 0 unspecified atom stereocenters. The van der Waals surface area contributed by atoms with Gasteiger partial charge in [0.05, 0.1) is 0 Å². The summed E-state index contributed by atoms with van der Waals surface area (Å²) >= 11 is 2.20. The molecule has 1 atom stereocenters. The summed E-state index contributed by atoms with van der Waals surface area (Å²) < 4.78 is 6.50. The van der Waals surface area contributed by atoms with E-state index in [0.29, 0.717) is 11.4 Å². The monoisotopic (exact) mass is 452 g/mol. The zero-order valence-electron chi connectivity index (χ0n) is 14.2. The van der Waals surface area contributed by atoms with E-state index in [-0.39, 0.29) is 24.3 Å². The lowest BCUT2D eigenvalue weighted by Gasteiger charge is -2.21. The molecular formula is C19H21IN2O3. The smallest absolute Gasteiger partial charge is 0.258 e. The lowest BCUT2D eigenvalue weighted by molar-refractivity contribution is -0.128. The van der Waals surface area contributed by atoms with Crippen LogP contribution in [0.3, 0.4) is 0 Å². The van der Waals surface area contributed by atoms with Gasteiger partial charge in [-0.15, -0.1) is 0 Å². The van der Waals surface area contributed by atoms with Gasteiger partial charge in [-0.2, -0.15) is 0 Å². The SMILES string of the molecule is CC(C)[C@@H](NC(=O)COc1ccccc1)C(=O)Nc1ccc(I)cc1. The fourth-order valence-electron chi connectivity index (χ4n) is 2.17. The molecule has 0 saturated carbocycles. The number of amides is 2. The molecule has 0 aliphatic carbocycles. The molecular weight excluding hydrogens is 431 g/mol. The quantitative estimate of drug-likeness (QED) is 0.633. The maximum atomic E-state index is 12.5. The van der Waals surface area contributed by atoms with Gasteiger partial charge >= 0.3 is 0 Å². The van der Waals surface area contributed by atoms with Gasteiger partial charge in [0, 0.05) is 9.26 Å². The molecule has 25 heavy (non-hydrogen) atoms. The molecule has 0 heterocycles. The minimum Gasteiger partial charge on any atom is -0.484 e. The zero-order chi connectivity index (χ0) is 18.2. The van der Waals surface area contributed by atoms with Crippen LogP contribution in [0.4, 0.5) is 5.69 Å².